The van der Waals surface area contributed by atoms with Gasteiger partial charge in [0.1, 0.15) is 11.4 Å². The highest BCUT2D eigenvalue weighted by Crippen LogP contribution is 2.26. The fourth-order valence-corrected chi connectivity index (χ4v) is 1.37. The Morgan fingerprint density at radius 3 is 2.39 bits per heavy atom. The first-order chi connectivity index (χ1) is 8.48. The van der Waals surface area contributed by atoms with E-state index in [0.717, 1.165) is 0 Å². The largest absolute Gasteiger partial charge is 0.573 e. The lowest BCUT2D eigenvalue weighted by Gasteiger charge is -2.08. The second kappa shape index (κ2) is 4.69. The lowest BCUT2D eigenvalue weighted by atomic mass is 10.1. The molecule has 0 aliphatic carbocycles. The summed E-state index contributed by atoms with van der Waals surface area (Å²) in [5.41, 5.74) is 6.48. The Morgan fingerprint density at radius 1 is 1.22 bits per heavy atom. The zero-order valence-electron chi connectivity index (χ0n) is 9.07. The maximum absolute atomic E-state index is 12.0. The summed E-state index contributed by atoms with van der Waals surface area (Å²) in [6, 6.07) is 6.96. The summed E-state index contributed by atoms with van der Waals surface area (Å²) < 4.78 is 44.5. The van der Waals surface area contributed by atoms with Gasteiger partial charge in [0.2, 0.25) is 0 Å². The predicted molar refractivity (Wildman–Crippen MR) is 56.5 cm³/mol. The second-order valence-corrected chi connectivity index (χ2v) is 3.45. The highest BCUT2D eigenvalue weighted by Gasteiger charge is 2.30. The standard InChI is InChI=1S/C11H9F3N2O2/c12-11(13,14)17-8-3-1-7(2-4-8)10-5-9(6-15)18-16-10/h1-5H,6,15H2. The Balaban J connectivity index is 2.17. The van der Waals surface area contributed by atoms with Gasteiger partial charge in [-0.2, -0.15) is 0 Å². The molecule has 0 radical (unpaired) electrons. The van der Waals surface area contributed by atoms with Crippen LogP contribution in [0, 0.1) is 0 Å². The molecule has 2 N–H and O–H groups in total. The quantitative estimate of drug-likeness (QED) is 0.919. The molecule has 2 rings (SSSR count). The van der Waals surface area contributed by atoms with Crippen LogP contribution in [-0.2, 0) is 6.54 Å². The summed E-state index contributed by atoms with van der Waals surface area (Å²) >= 11 is 0. The molecule has 0 atom stereocenters. The number of nitrogens with two attached hydrogens (primary N) is 1. The zero-order valence-corrected chi connectivity index (χ0v) is 9.07. The Labute approximate surface area is 100 Å². The van der Waals surface area contributed by atoms with Crippen molar-refractivity contribution in [3.05, 3.63) is 36.1 Å². The maximum atomic E-state index is 12.0. The number of halogens is 3. The minimum Gasteiger partial charge on any atom is -0.406 e. The van der Waals surface area contributed by atoms with Crippen molar-refractivity contribution >= 4 is 0 Å². The van der Waals surface area contributed by atoms with Gasteiger partial charge in [0, 0.05) is 11.6 Å². The molecule has 0 saturated carbocycles. The molecule has 0 saturated heterocycles. The van der Waals surface area contributed by atoms with Crippen LogP contribution in [0.1, 0.15) is 5.76 Å². The molecule has 0 spiro atoms. The summed E-state index contributed by atoms with van der Waals surface area (Å²) in [6.45, 7) is 0.211. The van der Waals surface area contributed by atoms with Gasteiger partial charge in [0.05, 0.1) is 6.54 Å². The molecule has 2 aromatic rings. The Morgan fingerprint density at radius 2 is 1.89 bits per heavy atom. The first kappa shape index (κ1) is 12.4. The van der Waals surface area contributed by atoms with Crippen LogP contribution in [-0.4, -0.2) is 11.5 Å². The fraction of sp³-hybridized carbons (Fsp3) is 0.182. The number of nitrogens with zero attached hydrogens (tertiary/aromatic N) is 1. The number of alkyl halides is 3. The maximum Gasteiger partial charge on any atom is 0.573 e. The fourth-order valence-electron chi connectivity index (χ4n) is 1.37. The third kappa shape index (κ3) is 3.01. The average molecular weight is 258 g/mol. The van der Waals surface area contributed by atoms with Crippen molar-refractivity contribution in [1.82, 2.24) is 5.16 Å². The Kier molecular flexibility index (Phi) is 3.24. The van der Waals surface area contributed by atoms with Crippen LogP contribution in [0.3, 0.4) is 0 Å². The second-order valence-electron chi connectivity index (χ2n) is 3.45. The van der Waals surface area contributed by atoms with Crippen LogP contribution < -0.4 is 10.5 Å². The van der Waals surface area contributed by atoms with E-state index in [4.69, 9.17) is 10.3 Å². The van der Waals surface area contributed by atoms with Crippen molar-refractivity contribution in [2.75, 3.05) is 0 Å². The smallest absolute Gasteiger partial charge is 0.406 e. The predicted octanol–water partition coefficient (Wildman–Crippen LogP) is 2.70. The van der Waals surface area contributed by atoms with E-state index >= 15 is 0 Å². The van der Waals surface area contributed by atoms with E-state index in [1.807, 2.05) is 0 Å². The summed E-state index contributed by atoms with van der Waals surface area (Å²) in [6.07, 6.45) is -4.69. The van der Waals surface area contributed by atoms with Gasteiger partial charge in [-0.15, -0.1) is 13.2 Å². The molecule has 0 fully saturated rings. The average Bonchev–Trinajstić information content (AvgIpc) is 2.76. The van der Waals surface area contributed by atoms with Gasteiger partial charge in [-0.3, -0.25) is 0 Å². The van der Waals surface area contributed by atoms with Crippen LogP contribution in [0.2, 0.25) is 0 Å². The summed E-state index contributed by atoms with van der Waals surface area (Å²) in [4.78, 5) is 0. The van der Waals surface area contributed by atoms with Crippen molar-refractivity contribution in [1.29, 1.82) is 0 Å². The highest BCUT2D eigenvalue weighted by atomic mass is 19.4. The first-order valence-corrected chi connectivity index (χ1v) is 5.00. The number of benzene rings is 1. The molecule has 18 heavy (non-hydrogen) atoms. The number of aromatic nitrogens is 1. The van der Waals surface area contributed by atoms with Crippen molar-refractivity contribution in [3.8, 4) is 17.0 Å². The van der Waals surface area contributed by atoms with Gasteiger partial charge >= 0.3 is 6.36 Å². The zero-order chi connectivity index (χ0) is 13.2. The Bertz CT molecular complexity index is 520. The molecular weight excluding hydrogens is 249 g/mol. The van der Waals surface area contributed by atoms with E-state index < -0.39 is 6.36 Å². The minimum absolute atomic E-state index is 0.211. The molecular formula is C11H9F3N2O2. The van der Waals surface area contributed by atoms with E-state index in [0.29, 0.717) is 17.0 Å². The molecule has 0 amide bonds. The van der Waals surface area contributed by atoms with E-state index in [2.05, 4.69) is 9.89 Å². The van der Waals surface area contributed by atoms with Crippen LogP contribution >= 0.6 is 0 Å². The van der Waals surface area contributed by atoms with Gasteiger partial charge in [-0.25, -0.2) is 0 Å². The molecule has 96 valence electrons. The SMILES string of the molecule is NCc1cc(-c2ccc(OC(F)(F)F)cc2)no1. The number of hydrogen-bond acceptors (Lipinski definition) is 4. The molecule has 1 aromatic heterocycles. The van der Waals surface area contributed by atoms with E-state index in [1.165, 1.54) is 24.3 Å². The van der Waals surface area contributed by atoms with E-state index in [9.17, 15) is 13.2 Å². The van der Waals surface area contributed by atoms with Crippen LogP contribution in [0.5, 0.6) is 5.75 Å². The van der Waals surface area contributed by atoms with Crippen molar-refractivity contribution < 1.29 is 22.4 Å². The van der Waals surface area contributed by atoms with Crippen molar-refractivity contribution in [2.45, 2.75) is 12.9 Å². The van der Waals surface area contributed by atoms with Gasteiger partial charge in [0.15, 0.2) is 5.76 Å². The monoisotopic (exact) mass is 258 g/mol. The molecule has 0 aliphatic rings. The normalized spacial score (nSPS) is 11.6. The van der Waals surface area contributed by atoms with Crippen LogP contribution in [0.15, 0.2) is 34.9 Å². The molecule has 1 aromatic carbocycles. The van der Waals surface area contributed by atoms with Crippen LogP contribution in [0.25, 0.3) is 11.3 Å². The first-order valence-electron chi connectivity index (χ1n) is 5.00. The minimum atomic E-state index is -4.69. The molecule has 4 nitrogen and oxygen atoms in total. The summed E-state index contributed by atoms with van der Waals surface area (Å²) in [7, 11) is 0. The molecule has 0 aliphatic heterocycles. The molecule has 1 heterocycles. The van der Waals surface area contributed by atoms with Gasteiger partial charge in [-0.05, 0) is 24.3 Å². The molecule has 7 heteroatoms. The molecule has 0 unspecified atom stereocenters. The Hall–Kier alpha value is -2.02. The van der Waals surface area contributed by atoms with Gasteiger partial charge < -0.3 is 15.0 Å². The summed E-state index contributed by atoms with van der Waals surface area (Å²) in [5, 5.41) is 3.74. The van der Waals surface area contributed by atoms with Crippen molar-refractivity contribution in [2.24, 2.45) is 5.73 Å². The summed E-state index contributed by atoms with van der Waals surface area (Å²) in [5.74, 6) is 0.217. The van der Waals surface area contributed by atoms with E-state index in [1.54, 1.807) is 6.07 Å². The van der Waals surface area contributed by atoms with Crippen molar-refractivity contribution in [3.63, 3.8) is 0 Å². The van der Waals surface area contributed by atoms with Crippen LogP contribution in [0.4, 0.5) is 13.2 Å². The number of hydrogen-bond donors (Lipinski definition) is 1. The van der Waals surface area contributed by atoms with Gasteiger partial charge in [-0.1, -0.05) is 5.16 Å². The van der Waals surface area contributed by atoms with Gasteiger partial charge in [0.25, 0.3) is 0 Å². The lowest BCUT2D eigenvalue weighted by Crippen LogP contribution is -2.16. The molecule has 0 bridgehead atoms. The highest BCUT2D eigenvalue weighted by molar-refractivity contribution is 5.59. The third-order valence-electron chi connectivity index (χ3n) is 2.14. The number of rotatable bonds is 3. The lowest BCUT2D eigenvalue weighted by molar-refractivity contribution is -0.274. The number of ether oxygens (including phenoxy) is 1. The van der Waals surface area contributed by atoms with E-state index in [-0.39, 0.29) is 12.3 Å². The topological polar surface area (TPSA) is 61.3 Å². The third-order valence-corrected chi connectivity index (χ3v) is 2.14.